The minimum atomic E-state index is -0.650. The van der Waals surface area contributed by atoms with E-state index in [2.05, 4.69) is 22.6 Å². The average molecular weight is 336 g/mol. The fourth-order valence-electron chi connectivity index (χ4n) is 0.828. The smallest absolute Gasteiger partial charge is 0.186 e. The lowest BCUT2D eigenvalue weighted by atomic mass is 10.1. The van der Waals surface area contributed by atoms with Gasteiger partial charge in [-0.25, -0.2) is 0 Å². The van der Waals surface area contributed by atoms with Gasteiger partial charge in [0.25, 0.3) is 0 Å². The predicted octanol–water partition coefficient (Wildman–Crippen LogP) is 2.32. The average Bonchev–Trinajstić information content (AvgIpc) is 2.09. The van der Waals surface area contributed by atoms with Crippen molar-refractivity contribution in [2.75, 3.05) is 5.73 Å². The van der Waals surface area contributed by atoms with Crippen LogP contribution in [0.15, 0.2) is 18.2 Å². The molecule has 0 radical (unpaired) electrons. The topological polar surface area (TPSA) is 61.3 Å². The molecule has 0 saturated heterocycles. The third-order valence-electron chi connectivity index (χ3n) is 1.70. The molecule has 0 saturated carbocycles. The van der Waals surface area contributed by atoms with E-state index in [1.54, 1.807) is 19.9 Å². The first kappa shape index (κ1) is 12.7. The first-order valence-corrected chi connectivity index (χ1v) is 5.85. The van der Waals surface area contributed by atoms with Crippen LogP contribution in [0.1, 0.15) is 13.8 Å². The maximum absolute atomic E-state index is 5.81. The minimum Gasteiger partial charge on any atom is -0.446 e. The van der Waals surface area contributed by atoms with E-state index in [9.17, 15) is 0 Å². The van der Waals surface area contributed by atoms with Crippen LogP contribution in [0.4, 0.5) is 5.69 Å². The van der Waals surface area contributed by atoms with Crippen molar-refractivity contribution < 1.29 is 4.74 Å². The highest BCUT2D eigenvalue weighted by molar-refractivity contribution is 14.1. The van der Waals surface area contributed by atoms with Gasteiger partial charge in [0.05, 0.1) is 11.2 Å². The third-order valence-corrected chi connectivity index (χ3v) is 2.98. The van der Waals surface area contributed by atoms with Crippen LogP contribution in [0.3, 0.4) is 0 Å². The molecule has 1 aromatic carbocycles. The molecule has 0 aliphatic heterocycles. The standard InChI is InChI=1S/C10H13IN2OS/c1-10(2,13)9(15)14-8-5-6(11)3-4-7(8)12/h3-5H,12-13H2,1-2H3. The van der Waals surface area contributed by atoms with Crippen LogP contribution in [-0.2, 0) is 0 Å². The highest BCUT2D eigenvalue weighted by atomic mass is 127. The molecule has 0 aromatic heterocycles. The number of hydrogen-bond donors (Lipinski definition) is 2. The van der Waals surface area contributed by atoms with E-state index < -0.39 is 5.54 Å². The lowest BCUT2D eigenvalue weighted by Gasteiger charge is -2.20. The highest BCUT2D eigenvalue weighted by Crippen LogP contribution is 2.25. The molecule has 5 heteroatoms. The number of anilines is 1. The fraction of sp³-hybridized carbons (Fsp3) is 0.300. The zero-order valence-corrected chi connectivity index (χ0v) is 11.6. The molecule has 4 N–H and O–H groups in total. The summed E-state index contributed by atoms with van der Waals surface area (Å²) in [5.41, 5.74) is 11.5. The molecular formula is C10H13IN2OS. The first-order valence-electron chi connectivity index (χ1n) is 4.37. The van der Waals surface area contributed by atoms with E-state index in [-0.39, 0.29) is 0 Å². The number of ether oxygens (including phenoxy) is 1. The fourth-order valence-corrected chi connectivity index (χ4v) is 1.38. The van der Waals surface area contributed by atoms with Gasteiger partial charge in [0.1, 0.15) is 0 Å². The Bertz CT molecular complexity index is 387. The van der Waals surface area contributed by atoms with E-state index in [1.807, 2.05) is 12.1 Å². The lowest BCUT2D eigenvalue weighted by molar-refractivity contribution is 0.495. The van der Waals surface area contributed by atoms with Gasteiger partial charge in [0.2, 0.25) is 0 Å². The summed E-state index contributed by atoms with van der Waals surface area (Å²) < 4.78 is 6.50. The first-order chi connectivity index (χ1) is 6.80. The monoisotopic (exact) mass is 336 g/mol. The quantitative estimate of drug-likeness (QED) is 0.494. The highest BCUT2D eigenvalue weighted by Gasteiger charge is 2.20. The summed E-state index contributed by atoms with van der Waals surface area (Å²) in [6, 6.07) is 5.51. The van der Waals surface area contributed by atoms with Crippen molar-refractivity contribution in [1.82, 2.24) is 0 Å². The number of rotatable bonds is 2. The van der Waals surface area contributed by atoms with Crippen molar-refractivity contribution in [2.24, 2.45) is 5.73 Å². The molecular weight excluding hydrogens is 323 g/mol. The molecule has 15 heavy (non-hydrogen) atoms. The number of halogens is 1. The molecule has 1 aromatic rings. The molecule has 0 fully saturated rings. The van der Waals surface area contributed by atoms with Crippen LogP contribution in [0.25, 0.3) is 0 Å². The molecule has 0 unspecified atom stereocenters. The molecule has 0 amide bonds. The number of benzene rings is 1. The Morgan fingerprint density at radius 1 is 1.47 bits per heavy atom. The molecule has 0 aliphatic carbocycles. The summed E-state index contributed by atoms with van der Waals surface area (Å²) >= 11 is 7.25. The van der Waals surface area contributed by atoms with Gasteiger partial charge in [-0.05, 0) is 66.9 Å². The SMILES string of the molecule is CC(C)(N)C(=S)Oc1cc(I)ccc1N. The molecule has 0 heterocycles. The summed E-state index contributed by atoms with van der Waals surface area (Å²) in [5, 5.41) is 0.330. The van der Waals surface area contributed by atoms with E-state index in [0.717, 1.165) is 3.57 Å². The Kier molecular flexibility index (Phi) is 3.91. The van der Waals surface area contributed by atoms with Crippen LogP contribution >= 0.6 is 34.8 Å². The van der Waals surface area contributed by atoms with Crippen molar-refractivity contribution in [3.63, 3.8) is 0 Å². The minimum absolute atomic E-state index is 0.330. The summed E-state index contributed by atoms with van der Waals surface area (Å²) in [4.78, 5) is 0. The van der Waals surface area contributed by atoms with Crippen molar-refractivity contribution in [1.29, 1.82) is 0 Å². The second-order valence-corrected chi connectivity index (χ2v) is 5.41. The van der Waals surface area contributed by atoms with Crippen LogP contribution in [0, 0.1) is 3.57 Å². The summed E-state index contributed by atoms with van der Waals surface area (Å²) in [6.45, 7) is 3.58. The molecule has 0 spiro atoms. The van der Waals surface area contributed by atoms with Gasteiger partial charge >= 0.3 is 0 Å². The molecule has 82 valence electrons. The lowest BCUT2D eigenvalue weighted by Crippen LogP contribution is -2.43. The Morgan fingerprint density at radius 2 is 2.07 bits per heavy atom. The number of nitrogen functional groups attached to an aromatic ring is 1. The van der Waals surface area contributed by atoms with Gasteiger partial charge in [-0.2, -0.15) is 0 Å². The number of hydrogen-bond acceptors (Lipinski definition) is 4. The van der Waals surface area contributed by atoms with Crippen molar-refractivity contribution in [3.8, 4) is 5.75 Å². The summed E-state index contributed by atoms with van der Waals surface area (Å²) in [5.74, 6) is 0.561. The largest absolute Gasteiger partial charge is 0.446 e. The molecule has 3 nitrogen and oxygen atoms in total. The molecule has 0 bridgehead atoms. The Balaban J connectivity index is 2.90. The van der Waals surface area contributed by atoms with E-state index >= 15 is 0 Å². The van der Waals surface area contributed by atoms with Crippen molar-refractivity contribution in [3.05, 3.63) is 21.8 Å². The van der Waals surface area contributed by atoms with E-state index in [1.165, 1.54) is 0 Å². The second kappa shape index (κ2) is 4.63. The van der Waals surface area contributed by atoms with Gasteiger partial charge < -0.3 is 16.2 Å². The number of thiocarbonyl (C=S) groups is 1. The van der Waals surface area contributed by atoms with E-state index in [4.69, 9.17) is 28.4 Å². The Labute approximate surface area is 108 Å². The molecule has 1 rings (SSSR count). The third kappa shape index (κ3) is 3.58. The van der Waals surface area contributed by atoms with Gasteiger partial charge in [-0.3, -0.25) is 0 Å². The second-order valence-electron chi connectivity index (χ2n) is 3.79. The zero-order chi connectivity index (χ0) is 11.6. The zero-order valence-electron chi connectivity index (χ0n) is 8.58. The van der Waals surface area contributed by atoms with Gasteiger partial charge in [0.15, 0.2) is 10.8 Å². The van der Waals surface area contributed by atoms with Gasteiger partial charge in [-0.15, -0.1) is 0 Å². The maximum atomic E-state index is 5.81. The Morgan fingerprint density at radius 3 is 2.60 bits per heavy atom. The van der Waals surface area contributed by atoms with Crippen molar-refractivity contribution >= 4 is 45.5 Å². The van der Waals surface area contributed by atoms with Gasteiger partial charge in [-0.1, -0.05) is 0 Å². The summed E-state index contributed by atoms with van der Waals surface area (Å²) in [6.07, 6.45) is 0. The Hall–Kier alpha value is -0.400. The predicted molar refractivity (Wildman–Crippen MR) is 75.1 cm³/mol. The van der Waals surface area contributed by atoms with Crippen molar-refractivity contribution in [2.45, 2.75) is 19.4 Å². The van der Waals surface area contributed by atoms with E-state index in [0.29, 0.717) is 16.5 Å². The molecule has 0 aliphatic rings. The number of nitrogens with two attached hydrogens (primary N) is 2. The van der Waals surface area contributed by atoms with Crippen LogP contribution in [0.5, 0.6) is 5.75 Å². The van der Waals surface area contributed by atoms with Crippen LogP contribution in [0.2, 0.25) is 0 Å². The maximum Gasteiger partial charge on any atom is 0.186 e. The summed E-state index contributed by atoms with van der Waals surface area (Å²) in [7, 11) is 0. The molecule has 0 atom stereocenters. The van der Waals surface area contributed by atoms with Crippen LogP contribution in [-0.4, -0.2) is 10.6 Å². The van der Waals surface area contributed by atoms with Crippen LogP contribution < -0.4 is 16.2 Å². The van der Waals surface area contributed by atoms with Gasteiger partial charge in [0, 0.05) is 3.57 Å². The normalized spacial score (nSPS) is 11.2.